The van der Waals surface area contributed by atoms with Crippen LogP contribution in [0, 0.1) is 5.92 Å². The number of carbonyl (C=O) groups is 3. The van der Waals surface area contributed by atoms with Gasteiger partial charge < -0.3 is 19.7 Å². The molecular weight excluding hydrogens is 432 g/mol. The van der Waals surface area contributed by atoms with Crippen LogP contribution in [0.5, 0.6) is 5.75 Å². The molecule has 1 aliphatic rings. The average molecular weight is 467 g/mol. The van der Waals surface area contributed by atoms with Crippen molar-refractivity contribution in [3.63, 3.8) is 0 Å². The van der Waals surface area contributed by atoms with Crippen LogP contribution in [0.15, 0.2) is 48.5 Å². The Morgan fingerprint density at radius 2 is 1.62 bits per heavy atom. The largest absolute Gasteiger partial charge is 0.497 e. The molecule has 0 aromatic heterocycles. The Morgan fingerprint density at radius 3 is 2.12 bits per heavy atom. The zero-order valence-corrected chi connectivity index (χ0v) is 20.8. The summed E-state index contributed by atoms with van der Waals surface area (Å²) in [6, 6.07) is 13.9. The maximum absolute atomic E-state index is 13.2. The third-order valence-corrected chi connectivity index (χ3v) is 6.41. The molecule has 0 radical (unpaired) electrons. The van der Waals surface area contributed by atoms with Crippen molar-refractivity contribution in [1.82, 2.24) is 10.2 Å². The summed E-state index contributed by atoms with van der Waals surface area (Å²) in [5, 5.41) is 2.92. The molecule has 2 aromatic rings. The molecule has 0 bridgehead atoms. The molecule has 1 fully saturated rings. The van der Waals surface area contributed by atoms with Gasteiger partial charge in [0.05, 0.1) is 26.2 Å². The fourth-order valence-corrected chi connectivity index (χ4v) is 4.52. The maximum Gasteiger partial charge on any atom is 0.311 e. The molecule has 7 heteroatoms. The van der Waals surface area contributed by atoms with E-state index in [4.69, 9.17) is 9.47 Å². The van der Waals surface area contributed by atoms with Gasteiger partial charge in [0.15, 0.2) is 0 Å². The number of hydrogen-bond donors (Lipinski definition) is 1. The third kappa shape index (κ3) is 5.41. The Hall–Kier alpha value is -3.35. The van der Waals surface area contributed by atoms with Crippen molar-refractivity contribution in [2.24, 2.45) is 5.92 Å². The lowest BCUT2D eigenvalue weighted by molar-refractivity contribution is -0.147. The van der Waals surface area contributed by atoms with Crippen LogP contribution >= 0.6 is 0 Å². The van der Waals surface area contributed by atoms with Crippen molar-refractivity contribution in [3.05, 3.63) is 65.2 Å². The van der Waals surface area contributed by atoms with E-state index in [9.17, 15) is 14.4 Å². The van der Waals surface area contributed by atoms with Gasteiger partial charge in [-0.25, -0.2) is 0 Å². The van der Waals surface area contributed by atoms with E-state index in [0.29, 0.717) is 6.54 Å². The molecule has 2 aromatic carbocycles. The van der Waals surface area contributed by atoms with Crippen molar-refractivity contribution < 1.29 is 23.9 Å². The molecule has 3 rings (SSSR count). The van der Waals surface area contributed by atoms with Crippen molar-refractivity contribution in [3.8, 4) is 5.75 Å². The quantitative estimate of drug-likeness (QED) is 0.656. The van der Waals surface area contributed by atoms with E-state index in [1.807, 2.05) is 48.5 Å². The van der Waals surface area contributed by atoms with Gasteiger partial charge in [0.1, 0.15) is 11.8 Å². The molecular formula is C27H34N2O5. The number of likely N-dealkylation sites (tertiary alicyclic amines) is 1. The number of amides is 2. The molecule has 3 unspecified atom stereocenters. The second-order valence-electron chi connectivity index (χ2n) is 9.69. The van der Waals surface area contributed by atoms with Crippen molar-refractivity contribution in [1.29, 1.82) is 0 Å². The summed E-state index contributed by atoms with van der Waals surface area (Å²) >= 11 is 0. The molecule has 34 heavy (non-hydrogen) atoms. The van der Waals surface area contributed by atoms with Crippen LogP contribution in [0.1, 0.15) is 56.8 Å². The second kappa shape index (κ2) is 10.3. The standard InChI is InChI=1S/C27H34N2O5/c1-17(30)29-23(25(31)28-16-18-7-13-21(33-5)14-8-18)15-22(26(32)34-6)24(29)19-9-11-20(12-10-19)27(2,3)4/h7-14,22-24H,15-16H2,1-6H3,(H,28,31). The van der Waals surface area contributed by atoms with Crippen LogP contribution in [-0.4, -0.2) is 42.9 Å². The van der Waals surface area contributed by atoms with E-state index < -0.39 is 24.0 Å². The summed E-state index contributed by atoms with van der Waals surface area (Å²) in [6.07, 6.45) is 0.201. The molecule has 0 saturated carbocycles. The number of carbonyl (C=O) groups excluding carboxylic acids is 3. The fourth-order valence-electron chi connectivity index (χ4n) is 4.52. The van der Waals surface area contributed by atoms with Crippen molar-refractivity contribution in [2.45, 2.75) is 58.2 Å². The van der Waals surface area contributed by atoms with E-state index in [-0.39, 0.29) is 23.7 Å². The summed E-state index contributed by atoms with van der Waals surface area (Å²) in [5.74, 6) is -0.891. The summed E-state index contributed by atoms with van der Waals surface area (Å²) in [6.45, 7) is 8.11. The fraction of sp³-hybridized carbons (Fsp3) is 0.444. The van der Waals surface area contributed by atoms with Crippen LogP contribution in [0.3, 0.4) is 0 Å². The molecule has 0 spiro atoms. The summed E-state index contributed by atoms with van der Waals surface area (Å²) in [5.41, 5.74) is 2.83. The number of rotatable bonds is 6. The van der Waals surface area contributed by atoms with Gasteiger partial charge in [-0.2, -0.15) is 0 Å². The number of nitrogens with one attached hydrogen (secondary N) is 1. The highest BCUT2D eigenvalue weighted by atomic mass is 16.5. The molecule has 1 heterocycles. The third-order valence-electron chi connectivity index (χ3n) is 6.41. The normalized spacial score (nSPS) is 20.1. The summed E-state index contributed by atoms with van der Waals surface area (Å²) in [4.78, 5) is 40.2. The zero-order chi connectivity index (χ0) is 25.0. The second-order valence-corrected chi connectivity index (χ2v) is 9.69. The molecule has 3 atom stereocenters. The van der Waals surface area contributed by atoms with E-state index >= 15 is 0 Å². The first kappa shape index (κ1) is 25.3. The van der Waals surface area contributed by atoms with Gasteiger partial charge in [-0.15, -0.1) is 0 Å². The van der Waals surface area contributed by atoms with Gasteiger partial charge in [-0.05, 0) is 40.7 Å². The molecule has 2 amide bonds. The van der Waals surface area contributed by atoms with E-state index in [0.717, 1.165) is 22.4 Å². The Kier molecular flexibility index (Phi) is 7.64. The van der Waals surface area contributed by atoms with Gasteiger partial charge in [0.25, 0.3) is 0 Å². The minimum absolute atomic E-state index is 0.0277. The molecule has 1 aliphatic heterocycles. The number of benzene rings is 2. The first-order valence-electron chi connectivity index (χ1n) is 11.4. The van der Waals surface area contributed by atoms with Gasteiger partial charge in [-0.3, -0.25) is 14.4 Å². The lowest BCUT2D eigenvalue weighted by Crippen LogP contribution is -2.45. The first-order chi connectivity index (χ1) is 16.1. The number of methoxy groups -OCH3 is 2. The Balaban J connectivity index is 1.86. The number of ether oxygens (including phenoxy) is 2. The topological polar surface area (TPSA) is 84.9 Å². The SMILES string of the molecule is COC(=O)C1CC(C(=O)NCc2ccc(OC)cc2)N(C(C)=O)C1c1ccc(C(C)(C)C)cc1. The summed E-state index contributed by atoms with van der Waals surface area (Å²) < 4.78 is 10.2. The molecule has 0 aliphatic carbocycles. The zero-order valence-electron chi connectivity index (χ0n) is 20.8. The predicted octanol–water partition coefficient (Wildman–Crippen LogP) is 3.76. The Bertz CT molecular complexity index is 1020. The number of nitrogens with zero attached hydrogens (tertiary/aromatic N) is 1. The minimum Gasteiger partial charge on any atom is -0.497 e. The van der Waals surface area contributed by atoms with Gasteiger partial charge in [-0.1, -0.05) is 57.2 Å². The van der Waals surface area contributed by atoms with Crippen LogP contribution in [0.2, 0.25) is 0 Å². The highest BCUT2D eigenvalue weighted by Gasteiger charge is 2.50. The Labute approximate surface area is 201 Å². The van der Waals surface area contributed by atoms with E-state index in [2.05, 4.69) is 26.1 Å². The van der Waals surface area contributed by atoms with Crippen LogP contribution < -0.4 is 10.1 Å². The lowest BCUT2D eigenvalue weighted by Gasteiger charge is -2.30. The first-order valence-corrected chi connectivity index (χ1v) is 11.4. The van der Waals surface area contributed by atoms with Crippen LogP contribution in [-0.2, 0) is 31.1 Å². The van der Waals surface area contributed by atoms with E-state index in [1.54, 1.807) is 7.11 Å². The molecule has 1 N–H and O–H groups in total. The van der Waals surface area contributed by atoms with Crippen LogP contribution in [0.25, 0.3) is 0 Å². The molecule has 182 valence electrons. The number of esters is 1. The van der Waals surface area contributed by atoms with Gasteiger partial charge in [0, 0.05) is 13.5 Å². The highest BCUT2D eigenvalue weighted by Crippen LogP contribution is 2.42. The van der Waals surface area contributed by atoms with E-state index in [1.165, 1.54) is 18.9 Å². The molecule has 1 saturated heterocycles. The molecule has 7 nitrogen and oxygen atoms in total. The number of hydrogen-bond acceptors (Lipinski definition) is 5. The average Bonchev–Trinajstić information content (AvgIpc) is 3.23. The highest BCUT2D eigenvalue weighted by molar-refractivity contribution is 5.90. The smallest absolute Gasteiger partial charge is 0.311 e. The Morgan fingerprint density at radius 1 is 1.00 bits per heavy atom. The van der Waals surface area contributed by atoms with Gasteiger partial charge >= 0.3 is 5.97 Å². The predicted molar refractivity (Wildman–Crippen MR) is 129 cm³/mol. The van der Waals surface area contributed by atoms with Gasteiger partial charge in [0.2, 0.25) is 11.8 Å². The maximum atomic E-state index is 13.2. The van der Waals surface area contributed by atoms with Crippen molar-refractivity contribution >= 4 is 17.8 Å². The van der Waals surface area contributed by atoms with Crippen LogP contribution in [0.4, 0.5) is 0 Å². The van der Waals surface area contributed by atoms with Crippen molar-refractivity contribution in [2.75, 3.05) is 14.2 Å². The summed E-state index contributed by atoms with van der Waals surface area (Å²) in [7, 11) is 2.93. The lowest BCUT2D eigenvalue weighted by atomic mass is 9.85. The monoisotopic (exact) mass is 466 g/mol. The minimum atomic E-state index is -0.771.